The Balaban J connectivity index is 1.70. The zero-order valence-electron chi connectivity index (χ0n) is 18.8. The van der Waals surface area contributed by atoms with E-state index in [-0.39, 0.29) is 35.1 Å². The summed E-state index contributed by atoms with van der Waals surface area (Å²) < 4.78 is 67.2. The van der Waals surface area contributed by atoms with Crippen LogP contribution in [0.4, 0.5) is 19.0 Å². The summed E-state index contributed by atoms with van der Waals surface area (Å²) in [6, 6.07) is 14.4. The molecule has 2 aromatic heterocycles. The maximum Gasteiger partial charge on any atom is 0.455 e. The number of rotatable bonds is 8. The molecule has 0 bridgehead atoms. The summed E-state index contributed by atoms with van der Waals surface area (Å²) in [7, 11) is -3.36. The van der Waals surface area contributed by atoms with Crippen molar-refractivity contribution in [3.63, 3.8) is 0 Å². The third kappa shape index (κ3) is 5.86. The van der Waals surface area contributed by atoms with Crippen LogP contribution in [0.15, 0.2) is 70.2 Å². The number of halogens is 3. The van der Waals surface area contributed by atoms with E-state index in [1.807, 2.05) is 0 Å². The summed E-state index contributed by atoms with van der Waals surface area (Å²) in [5.41, 5.74) is 1.44. The van der Waals surface area contributed by atoms with Gasteiger partial charge >= 0.3 is 6.18 Å². The van der Waals surface area contributed by atoms with Crippen molar-refractivity contribution in [2.45, 2.75) is 23.5 Å². The molecule has 2 N–H and O–H groups in total. The maximum absolute atomic E-state index is 13.0. The first kappa shape index (κ1) is 25.3. The van der Waals surface area contributed by atoms with E-state index in [1.54, 1.807) is 42.5 Å². The van der Waals surface area contributed by atoms with Gasteiger partial charge in [-0.05, 0) is 23.3 Å². The van der Waals surface area contributed by atoms with Gasteiger partial charge in [0.15, 0.2) is 9.84 Å². The minimum atomic E-state index is -4.80. The third-order valence-corrected chi connectivity index (χ3v) is 6.29. The minimum Gasteiger partial charge on any atom is -0.394 e. The van der Waals surface area contributed by atoms with Crippen molar-refractivity contribution in [1.29, 1.82) is 0 Å². The van der Waals surface area contributed by atoms with E-state index < -0.39 is 33.8 Å². The van der Waals surface area contributed by atoms with Crippen LogP contribution < -0.4 is 5.32 Å². The molecule has 2 heterocycles. The molecule has 0 fully saturated rings. The maximum atomic E-state index is 13.0. The van der Waals surface area contributed by atoms with Gasteiger partial charge in [-0.25, -0.2) is 18.4 Å². The van der Waals surface area contributed by atoms with E-state index in [0.29, 0.717) is 11.1 Å². The van der Waals surface area contributed by atoms with Crippen LogP contribution in [0, 0.1) is 0 Å². The number of nitrogens with zero attached hydrogens (tertiary/aromatic N) is 4. The SMILES string of the molecule is CS(=O)(=O)c1ccc(Cc2ncc(-c3nc(C(F)(F)F)no3)c(N[C@H](CO)c3ccccc3)n2)cc1. The quantitative estimate of drug-likeness (QED) is 0.358. The molecule has 4 aromatic rings. The lowest BCUT2D eigenvalue weighted by atomic mass is 10.1. The van der Waals surface area contributed by atoms with Gasteiger partial charge in [0.2, 0.25) is 0 Å². The number of aliphatic hydroxyl groups is 1. The Labute approximate surface area is 204 Å². The van der Waals surface area contributed by atoms with Gasteiger partial charge in [0.1, 0.15) is 17.2 Å². The lowest BCUT2D eigenvalue weighted by Gasteiger charge is -2.19. The van der Waals surface area contributed by atoms with Gasteiger partial charge in [-0.1, -0.05) is 47.6 Å². The first-order valence-electron chi connectivity index (χ1n) is 10.5. The number of anilines is 1. The van der Waals surface area contributed by atoms with Crippen LogP contribution >= 0.6 is 0 Å². The Morgan fingerprint density at radius 3 is 2.33 bits per heavy atom. The van der Waals surface area contributed by atoms with Crippen molar-refractivity contribution >= 4 is 15.7 Å². The highest BCUT2D eigenvalue weighted by molar-refractivity contribution is 7.90. The monoisotopic (exact) mass is 519 g/mol. The number of sulfone groups is 1. The van der Waals surface area contributed by atoms with Crippen molar-refractivity contribution in [2.24, 2.45) is 0 Å². The summed E-state index contributed by atoms with van der Waals surface area (Å²) in [6.45, 7) is -0.340. The fourth-order valence-corrected chi connectivity index (χ4v) is 3.97. The molecule has 36 heavy (non-hydrogen) atoms. The highest BCUT2D eigenvalue weighted by atomic mass is 32.2. The van der Waals surface area contributed by atoms with E-state index in [9.17, 15) is 26.7 Å². The molecule has 0 saturated carbocycles. The number of benzene rings is 2. The number of nitrogens with one attached hydrogen (secondary N) is 1. The van der Waals surface area contributed by atoms with Gasteiger partial charge in [-0.3, -0.25) is 0 Å². The molecule has 0 spiro atoms. The van der Waals surface area contributed by atoms with Gasteiger partial charge in [0.25, 0.3) is 11.7 Å². The van der Waals surface area contributed by atoms with E-state index >= 15 is 0 Å². The number of alkyl halides is 3. The van der Waals surface area contributed by atoms with Crippen LogP contribution in [0.2, 0.25) is 0 Å². The standard InChI is InChI=1S/C23H20F3N5O4S/c1-36(33,34)16-9-7-14(8-10-16)11-19-27-12-17(21-30-22(31-35-21)23(24,25)26)20(29-19)28-18(13-32)15-5-3-2-4-6-15/h2-10,12,18,32H,11,13H2,1H3,(H,27,28,29)/t18-/m1/s1. The van der Waals surface area contributed by atoms with Crippen molar-refractivity contribution in [3.05, 3.63) is 83.6 Å². The van der Waals surface area contributed by atoms with Crippen LogP contribution in [0.5, 0.6) is 0 Å². The van der Waals surface area contributed by atoms with Crippen molar-refractivity contribution in [1.82, 2.24) is 20.1 Å². The molecule has 0 saturated heterocycles. The fraction of sp³-hybridized carbons (Fsp3) is 0.217. The molecule has 4 rings (SSSR count). The summed E-state index contributed by atoms with van der Waals surface area (Å²) in [5, 5.41) is 16.0. The normalized spacial score (nSPS) is 12.9. The molecule has 0 unspecified atom stereocenters. The summed E-state index contributed by atoms with van der Waals surface area (Å²) in [6.07, 6.45) is -2.24. The van der Waals surface area contributed by atoms with E-state index in [4.69, 9.17) is 4.52 Å². The number of hydrogen-bond donors (Lipinski definition) is 2. The largest absolute Gasteiger partial charge is 0.455 e. The molecule has 0 aliphatic heterocycles. The second kappa shape index (κ2) is 10.0. The average Bonchev–Trinajstić information content (AvgIpc) is 3.34. The summed E-state index contributed by atoms with van der Waals surface area (Å²) in [5.74, 6) is -1.53. The van der Waals surface area contributed by atoms with Crippen LogP contribution in [-0.4, -0.2) is 46.5 Å². The highest BCUT2D eigenvalue weighted by Gasteiger charge is 2.37. The molecule has 0 radical (unpaired) electrons. The average molecular weight is 520 g/mol. The Hall–Kier alpha value is -3.84. The molecule has 188 valence electrons. The van der Waals surface area contributed by atoms with E-state index in [2.05, 4.69) is 25.4 Å². The lowest BCUT2D eigenvalue weighted by Crippen LogP contribution is -2.17. The van der Waals surface area contributed by atoms with Gasteiger partial charge in [0, 0.05) is 18.9 Å². The smallest absolute Gasteiger partial charge is 0.394 e. The summed E-state index contributed by atoms with van der Waals surface area (Å²) >= 11 is 0. The molecule has 0 aliphatic rings. The second-order valence-electron chi connectivity index (χ2n) is 7.85. The molecular formula is C23H20F3N5O4S. The first-order chi connectivity index (χ1) is 17.0. The van der Waals surface area contributed by atoms with Crippen LogP contribution in [0.3, 0.4) is 0 Å². The Morgan fingerprint density at radius 2 is 1.75 bits per heavy atom. The second-order valence-corrected chi connectivity index (χ2v) is 9.87. The molecule has 1 atom stereocenters. The Kier molecular flexibility index (Phi) is 7.04. The van der Waals surface area contributed by atoms with Crippen LogP contribution in [-0.2, 0) is 22.4 Å². The number of aromatic nitrogens is 4. The Bertz CT molecular complexity index is 1440. The van der Waals surface area contributed by atoms with Crippen LogP contribution in [0.1, 0.15) is 28.8 Å². The fourth-order valence-electron chi connectivity index (χ4n) is 3.34. The molecule has 0 aliphatic carbocycles. The van der Waals surface area contributed by atoms with Crippen molar-refractivity contribution < 1.29 is 31.2 Å². The predicted molar refractivity (Wildman–Crippen MR) is 123 cm³/mol. The zero-order valence-corrected chi connectivity index (χ0v) is 19.6. The topological polar surface area (TPSA) is 131 Å². The first-order valence-corrected chi connectivity index (χ1v) is 12.4. The molecule has 2 aromatic carbocycles. The number of hydrogen-bond acceptors (Lipinski definition) is 9. The van der Waals surface area contributed by atoms with Gasteiger partial charge < -0.3 is 14.9 Å². The highest BCUT2D eigenvalue weighted by Crippen LogP contribution is 2.32. The predicted octanol–water partition coefficient (Wildman–Crippen LogP) is 3.69. The van der Waals surface area contributed by atoms with Gasteiger partial charge in [0.05, 0.1) is 17.5 Å². The van der Waals surface area contributed by atoms with Crippen molar-refractivity contribution in [2.75, 3.05) is 18.2 Å². The Morgan fingerprint density at radius 1 is 1.06 bits per heavy atom. The van der Waals surface area contributed by atoms with Gasteiger partial charge in [-0.15, -0.1) is 0 Å². The lowest BCUT2D eigenvalue weighted by molar-refractivity contribution is -0.146. The molecular weight excluding hydrogens is 499 g/mol. The zero-order chi connectivity index (χ0) is 25.9. The van der Waals surface area contributed by atoms with Crippen LogP contribution in [0.25, 0.3) is 11.5 Å². The van der Waals surface area contributed by atoms with E-state index in [1.165, 1.54) is 18.3 Å². The molecule has 0 amide bonds. The third-order valence-electron chi connectivity index (χ3n) is 5.16. The molecule has 13 heteroatoms. The van der Waals surface area contributed by atoms with Crippen molar-refractivity contribution in [3.8, 4) is 11.5 Å². The van der Waals surface area contributed by atoms with E-state index in [0.717, 1.165) is 6.26 Å². The minimum absolute atomic E-state index is 0.0172. The van der Waals surface area contributed by atoms with Gasteiger partial charge in [-0.2, -0.15) is 18.2 Å². The summed E-state index contributed by atoms with van der Waals surface area (Å²) in [4.78, 5) is 12.2. The molecule has 9 nitrogen and oxygen atoms in total. The number of aliphatic hydroxyl groups excluding tert-OH is 1.